The molecule has 0 spiro atoms. The van der Waals surface area contributed by atoms with Crippen LogP contribution in [0, 0.1) is 5.82 Å². The van der Waals surface area contributed by atoms with Crippen LogP contribution in [0.3, 0.4) is 0 Å². The van der Waals surface area contributed by atoms with Gasteiger partial charge in [-0.25, -0.2) is 9.37 Å². The Hall–Kier alpha value is -1.21. The lowest BCUT2D eigenvalue weighted by Gasteiger charge is -2.03. The average molecular weight is 266 g/mol. The molecule has 0 aliphatic heterocycles. The van der Waals surface area contributed by atoms with E-state index in [1.165, 1.54) is 4.90 Å². The molecule has 0 unspecified atom stereocenters. The predicted molar refractivity (Wildman–Crippen MR) is 58.6 cm³/mol. The molecule has 0 aliphatic carbocycles. The zero-order valence-electron chi connectivity index (χ0n) is 8.55. The highest BCUT2D eigenvalue weighted by atomic mass is 35.5. The van der Waals surface area contributed by atoms with Crippen LogP contribution >= 0.6 is 11.6 Å². The summed E-state index contributed by atoms with van der Waals surface area (Å²) >= 11 is 5.33. The van der Waals surface area contributed by atoms with Crippen molar-refractivity contribution in [3.05, 3.63) is 23.2 Å². The van der Waals surface area contributed by atoms with Crippen molar-refractivity contribution in [3.63, 3.8) is 0 Å². The van der Waals surface area contributed by atoms with E-state index in [1.807, 2.05) is 0 Å². The van der Waals surface area contributed by atoms with Gasteiger partial charge in [0.1, 0.15) is 11.2 Å². The molecule has 0 fully saturated rings. The summed E-state index contributed by atoms with van der Waals surface area (Å²) < 4.78 is 39.4. The van der Waals surface area contributed by atoms with E-state index in [0.29, 0.717) is 0 Å². The zero-order valence-corrected chi connectivity index (χ0v) is 10.1. The summed E-state index contributed by atoms with van der Waals surface area (Å²) in [7, 11) is -0.706. The van der Waals surface area contributed by atoms with Crippen molar-refractivity contribution in [2.24, 2.45) is 4.40 Å². The van der Waals surface area contributed by atoms with Crippen molar-refractivity contribution in [2.75, 3.05) is 14.1 Å². The molecule has 0 aromatic carbocycles. The summed E-state index contributed by atoms with van der Waals surface area (Å²) in [4.78, 5) is 4.50. The smallest absolute Gasteiger partial charge is 0.285 e. The van der Waals surface area contributed by atoms with E-state index in [-0.39, 0.29) is 10.0 Å². The van der Waals surface area contributed by atoms with Gasteiger partial charge in [-0.3, -0.25) is 0 Å². The zero-order chi connectivity index (χ0) is 12.3. The quantitative estimate of drug-likeness (QED) is 0.467. The van der Waals surface area contributed by atoms with Crippen LogP contribution in [0.4, 0.5) is 4.39 Å². The minimum absolute atomic E-state index is 0.340. The molecule has 0 N–H and O–H groups in total. The SMILES string of the molecule is CN(C)C=NS(=O)(=O)c1cnc(Cl)c(F)c1. The average Bonchev–Trinajstić information content (AvgIpc) is 2.19. The van der Waals surface area contributed by atoms with Gasteiger partial charge in [-0.05, 0) is 6.07 Å². The second-order valence-electron chi connectivity index (χ2n) is 3.10. The van der Waals surface area contributed by atoms with Gasteiger partial charge in [0, 0.05) is 20.3 Å². The van der Waals surface area contributed by atoms with Crippen LogP contribution in [-0.4, -0.2) is 38.7 Å². The Balaban J connectivity index is 3.13. The third-order valence-electron chi connectivity index (χ3n) is 1.49. The highest BCUT2D eigenvalue weighted by molar-refractivity contribution is 7.90. The molecule has 0 atom stereocenters. The number of halogens is 2. The summed E-state index contributed by atoms with van der Waals surface area (Å²) in [6, 6.07) is 0.775. The number of rotatable bonds is 3. The summed E-state index contributed by atoms with van der Waals surface area (Å²) in [6.07, 6.45) is 2.05. The van der Waals surface area contributed by atoms with Gasteiger partial charge < -0.3 is 4.90 Å². The molecule has 1 aromatic heterocycles. The highest BCUT2D eigenvalue weighted by Crippen LogP contribution is 2.17. The van der Waals surface area contributed by atoms with Gasteiger partial charge in [-0.1, -0.05) is 11.6 Å². The lowest BCUT2D eigenvalue weighted by Crippen LogP contribution is -2.10. The number of nitrogens with zero attached hydrogens (tertiary/aromatic N) is 3. The molecule has 1 rings (SSSR count). The van der Waals surface area contributed by atoms with Crippen LogP contribution < -0.4 is 0 Å². The lowest BCUT2D eigenvalue weighted by molar-refractivity contribution is 0.587. The molecule has 5 nitrogen and oxygen atoms in total. The van der Waals surface area contributed by atoms with Gasteiger partial charge in [-0.2, -0.15) is 8.42 Å². The van der Waals surface area contributed by atoms with Gasteiger partial charge in [0.05, 0.1) is 0 Å². The van der Waals surface area contributed by atoms with Crippen LogP contribution in [0.2, 0.25) is 5.15 Å². The topological polar surface area (TPSA) is 62.6 Å². The first-order valence-electron chi connectivity index (χ1n) is 4.11. The summed E-state index contributed by atoms with van der Waals surface area (Å²) in [5.41, 5.74) is 0. The normalized spacial score (nSPS) is 12.0. The Bertz CT molecular complexity index is 516. The Labute approximate surface area is 97.6 Å². The van der Waals surface area contributed by atoms with Crippen LogP contribution in [-0.2, 0) is 10.0 Å². The fraction of sp³-hybridized carbons (Fsp3) is 0.250. The number of pyridine rings is 1. The number of aromatic nitrogens is 1. The maximum atomic E-state index is 13.0. The third kappa shape index (κ3) is 3.14. The van der Waals surface area contributed by atoms with Gasteiger partial charge in [0.2, 0.25) is 0 Å². The monoisotopic (exact) mass is 265 g/mol. The number of sulfonamides is 1. The Morgan fingerprint density at radius 1 is 1.56 bits per heavy atom. The van der Waals surface area contributed by atoms with Crippen LogP contribution in [0.5, 0.6) is 0 Å². The van der Waals surface area contributed by atoms with E-state index in [2.05, 4.69) is 9.38 Å². The Morgan fingerprint density at radius 3 is 2.69 bits per heavy atom. The number of hydrogen-bond donors (Lipinski definition) is 0. The Kier molecular flexibility index (Phi) is 3.82. The van der Waals surface area contributed by atoms with Gasteiger partial charge in [-0.15, -0.1) is 4.40 Å². The fourth-order valence-corrected chi connectivity index (χ4v) is 1.74. The van der Waals surface area contributed by atoms with Crippen molar-refractivity contribution < 1.29 is 12.8 Å². The molecule has 1 aromatic rings. The molecule has 0 saturated heterocycles. The van der Waals surface area contributed by atoms with Crippen LogP contribution in [0.1, 0.15) is 0 Å². The molecule has 0 amide bonds. The van der Waals surface area contributed by atoms with Crippen molar-refractivity contribution in [3.8, 4) is 0 Å². The predicted octanol–water partition coefficient (Wildman–Crippen LogP) is 1.15. The van der Waals surface area contributed by atoms with E-state index in [0.717, 1.165) is 18.6 Å². The molecule has 1 heterocycles. The molecular weight excluding hydrogens is 257 g/mol. The summed E-state index contributed by atoms with van der Waals surface area (Å²) in [5, 5.41) is -0.379. The van der Waals surface area contributed by atoms with E-state index in [9.17, 15) is 12.8 Å². The van der Waals surface area contributed by atoms with E-state index in [4.69, 9.17) is 11.6 Å². The minimum Gasteiger partial charge on any atom is -0.368 e. The first-order chi connectivity index (χ1) is 7.33. The molecule has 0 aliphatic rings. The molecule has 0 saturated carbocycles. The maximum absolute atomic E-state index is 13.0. The molecule has 0 bridgehead atoms. The largest absolute Gasteiger partial charge is 0.368 e. The first-order valence-corrected chi connectivity index (χ1v) is 5.92. The molecule has 88 valence electrons. The van der Waals surface area contributed by atoms with Crippen LogP contribution in [0.25, 0.3) is 0 Å². The second-order valence-corrected chi connectivity index (χ2v) is 5.09. The summed E-state index contributed by atoms with van der Waals surface area (Å²) in [5.74, 6) is -0.900. The number of hydrogen-bond acceptors (Lipinski definition) is 3. The van der Waals surface area contributed by atoms with Gasteiger partial charge in [0.15, 0.2) is 11.0 Å². The van der Waals surface area contributed by atoms with Crippen molar-refractivity contribution in [2.45, 2.75) is 4.90 Å². The van der Waals surface area contributed by atoms with E-state index in [1.54, 1.807) is 14.1 Å². The van der Waals surface area contributed by atoms with Crippen molar-refractivity contribution in [1.82, 2.24) is 9.88 Å². The molecular formula is C8H9ClFN3O2S. The fourth-order valence-electron chi connectivity index (χ4n) is 0.762. The Morgan fingerprint density at radius 2 is 2.19 bits per heavy atom. The standard InChI is InChI=1S/C8H9ClFN3O2S/c1-13(2)5-12-16(14,15)6-3-7(10)8(9)11-4-6/h3-5H,1-2H3. The van der Waals surface area contributed by atoms with Gasteiger partial charge in [0.25, 0.3) is 10.0 Å². The first kappa shape index (κ1) is 12.9. The maximum Gasteiger partial charge on any atom is 0.285 e. The van der Waals surface area contributed by atoms with Crippen molar-refractivity contribution in [1.29, 1.82) is 0 Å². The van der Waals surface area contributed by atoms with Crippen molar-refractivity contribution >= 4 is 28.0 Å². The molecule has 8 heteroatoms. The summed E-state index contributed by atoms with van der Waals surface area (Å²) in [6.45, 7) is 0. The van der Waals surface area contributed by atoms with Crippen LogP contribution in [0.15, 0.2) is 21.6 Å². The lowest BCUT2D eigenvalue weighted by atomic mass is 10.5. The highest BCUT2D eigenvalue weighted by Gasteiger charge is 2.15. The molecule has 0 radical (unpaired) electrons. The third-order valence-corrected chi connectivity index (χ3v) is 2.95. The second kappa shape index (κ2) is 4.75. The van der Waals surface area contributed by atoms with E-state index < -0.39 is 15.8 Å². The van der Waals surface area contributed by atoms with E-state index >= 15 is 0 Å². The minimum atomic E-state index is -3.93. The molecule has 16 heavy (non-hydrogen) atoms. The van der Waals surface area contributed by atoms with Gasteiger partial charge >= 0.3 is 0 Å².